The number of aliphatic hydroxyl groups excluding tert-OH is 1. The van der Waals surface area contributed by atoms with E-state index in [4.69, 9.17) is 5.11 Å². The summed E-state index contributed by atoms with van der Waals surface area (Å²) in [6, 6.07) is 0. The van der Waals surface area contributed by atoms with E-state index in [1.807, 2.05) is 6.20 Å². The Hall–Kier alpha value is -1.80. The van der Waals surface area contributed by atoms with Crippen LogP contribution in [0.2, 0.25) is 0 Å². The summed E-state index contributed by atoms with van der Waals surface area (Å²) in [6.45, 7) is 2.09. The zero-order chi connectivity index (χ0) is 11.9. The number of aromatic amines is 1. The van der Waals surface area contributed by atoms with Crippen molar-refractivity contribution in [1.29, 1.82) is 0 Å². The van der Waals surface area contributed by atoms with Crippen molar-refractivity contribution in [2.75, 3.05) is 6.61 Å². The van der Waals surface area contributed by atoms with Crippen molar-refractivity contribution >= 4 is 0 Å². The minimum Gasteiger partial charge on any atom is -0.396 e. The zero-order valence-corrected chi connectivity index (χ0v) is 9.37. The van der Waals surface area contributed by atoms with Crippen molar-refractivity contribution in [3.63, 3.8) is 0 Å². The largest absolute Gasteiger partial charge is 0.396 e. The maximum absolute atomic E-state index is 8.69. The van der Waals surface area contributed by atoms with E-state index in [0.29, 0.717) is 26.1 Å². The predicted molar refractivity (Wildman–Crippen MR) is 58.7 cm³/mol. The maximum atomic E-state index is 8.69. The molecular formula is C9H15N7O. The lowest BCUT2D eigenvalue weighted by Crippen LogP contribution is -2.14. The first-order valence-electron chi connectivity index (χ1n) is 5.43. The number of aromatic nitrogens is 6. The van der Waals surface area contributed by atoms with Gasteiger partial charge in [-0.1, -0.05) is 5.21 Å². The minimum absolute atomic E-state index is 0.166. The number of hydrogen-bond donors (Lipinski definition) is 3. The standard InChI is InChI=1S/C9H15N7O/c17-3-1-2-16-6-8(13-15-16)4-10-5-9-11-7-12-14-9/h6-7,10,17H,1-5H2,(H,11,12,14). The van der Waals surface area contributed by atoms with Crippen molar-refractivity contribution < 1.29 is 5.11 Å². The van der Waals surface area contributed by atoms with Gasteiger partial charge in [0.05, 0.1) is 12.2 Å². The molecule has 3 N–H and O–H groups in total. The molecule has 2 heterocycles. The number of rotatable bonds is 7. The van der Waals surface area contributed by atoms with E-state index >= 15 is 0 Å². The fraction of sp³-hybridized carbons (Fsp3) is 0.556. The van der Waals surface area contributed by atoms with E-state index in [9.17, 15) is 0 Å². The third-order valence-corrected chi connectivity index (χ3v) is 2.19. The van der Waals surface area contributed by atoms with Crippen molar-refractivity contribution in [3.05, 3.63) is 24.0 Å². The molecule has 17 heavy (non-hydrogen) atoms. The first-order chi connectivity index (χ1) is 8.38. The molecule has 92 valence electrons. The SMILES string of the molecule is OCCCn1cc(CNCc2ncn[nH]2)nn1. The van der Waals surface area contributed by atoms with Crippen LogP contribution in [0.1, 0.15) is 17.9 Å². The summed E-state index contributed by atoms with van der Waals surface area (Å²) in [4.78, 5) is 3.99. The van der Waals surface area contributed by atoms with Gasteiger partial charge < -0.3 is 10.4 Å². The molecule has 0 saturated heterocycles. The first kappa shape index (κ1) is 11.7. The quantitative estimate of drug-likeness (QED) is 0.574. The van der Waals surface area contributed by atoms with Crippen LogP contribution in [0.5, 0.6) is 0 Å². The molecule has 2 aromatic heterocycles. The topological polar surface area (TPSA) is 105 Å². The van der Waals surface area contributed by atoms with Crippen LogP contribution in [0.15, 0.2) is 12.5 Å². The number of aryl methyl sites for hydroxylation is 1. The molecule has 0 unspecified atom stereocenters. The Labute approximate surface area is 98.1 Å². The Kier molecular flexibility index (Phi) is 4.17. The molecule has 0 saturated carbocycles. The molecule has 0 aliphatic heterocycles. The molecule has 0 bridgehead atoms. The number of nitrogens with zero attached hydrogens (tertiary/aromatic N) is 5. The molecule has 0 radical (unpaired) electrons. The second kappa shape index (κ2) is 6.06. The first-order valence-corrected chi connectivity index (χ1v) is 5.43. The zero-order valence-electron chi connectivity index (χ0n) is 9.37. The van der Waals surface area contributed by atoms with Crippen molar-refractivity contribution in [3.8, 4) is 0 Å². The molecule has 0 atom stereocenters. The highest BCUT2D eigenvalue weighted by Crippen LogP contribution is 1.95. The predicted octanol–water partition coefficient (Wildman–Crippen LogP) is -0.932. The highest BCUT2D eigenvalue weighted by atomic mass is 16.3. The lowest BCUT2D eigenvalue weighted by Gasteiger charge is -1.98. The van der Waals surface area contributed by atoms with Gasteiger partial charge in [-0.2, -0.15) is 5.10 Å². The van der Waals surface area contributed by atoms with Crippen LogP contribution in [0.3, 0.4) is 0 Å². The van der Waals surface area contributed by atoms with E-state index in [0.717, 1.165) is 11.5 Å². The lowest BCUT2D eigenvalue weighted by atomic mass is 10.4. The van der Waals surface area contributed by atoms with Crippen LogP contribution in [0, 0.1) is 0 Å². The summed E-state index contributed by atoms with van der Waals surface area (Å²) in [7, 11) is 0. The summed E-state index contributed by atoms with van der Waals surface area (Å²) in [5.74, 6) is 0.790. The van der Waals surface area contributed by atoms with Crippen LogP contribution < -0.4 is 5.32 Å². The molecule has 8 nitrogen and oxygen atoms in total. The average Bonchev–Trinajstić information content (AvgIpc) is 2.98. The van der Waals surface area contributed by atoms with Gasteiger partial charge >= 0.3 is 0 Å². The molecule has 8 heteroatoms. The van der Waals surface area contributed by atoms with Crippen molar-refractivity contribution in [2.24, 2.45) is 0 Å². The summed E-state index contributed by atoms with van der Waals surface area (Å²) < 4.78 is 1.72. The lowest BCUT2D eigenvalue weighted by molar-refractivity contribution is 0.276. The number of nitrogens with one attached hydrogen (secondary N) is 2. The second-order valence-corrected chi connectivity index (χ2v) is 3.59. The third-order valence-electron chi connectivity index (χ3n) is 2.19. The second-order valence-electron chi connectivity index (χ2n) is 3.59. The van der Waals surface area contributed by atoms with Crippen LogP contribution in [-0.2, 0) is 19.6 Å². The normalized spacial score (nSPS) is 10.9. The van der Waals surface area contributed by atoms with Crippen molar-refractivity contribution in [1.82, 2.24) is 35.5 Å². The fourth-order valence-electron chi connectivity index (χ4n) is 1.39. The summed E-state index contributed by atoms with van der Waals surface area (Å²) in [5, 5.41) is 26.3. The molecule has 0 fully saturated rings. The molecule has 2 aromatic rings. The monoisotopic (exact) mass is 237 g/mol. The van der Waals surface area contributed by atoms with Gasteiger partial charge in [-0.25, -0.2) is 4.98 Å². The number of hydrogen-bond acceptors (Lipinski definition) is 6. The molecule has 0 aliphatic rings. The number of aliphatic hydroxyl groups is 1. The van der Waals surface area contributed by atoms with E-state index in [1.165, 1.54) is 6.33 Å². The van der Waals surface area contributed by atoms with Gasteiger partial charge in [0, 0.05) is 25.9 Å². The number of H-pyrrole nitrogens is 1. The average molecular weight is 237 g/mol. The Morgan fingerprint density at radius 2 is 2.35 bits per heavy atom. The molecule has 0 amide bonds. The van der Waals surface area contributed by atoms with Crippen LogP contribution in [-0.4, -0.2) is 41.9 Å². The summed E-state index contributed by atoms with van der Waals surface area (Å²) in [5.41, 5.74) is 0.863. The van der Waals surface area contributed by atoms with Gasteiger partial charge in [0.15, 0.2) is 0 Å². The van der Waals surface area contributed by atoms with Gasteiger partial charge in [0.25, 0.3) is 0 Å². The van der Waals surface area contributed by atoms with Crippen LogP contribution >= 0.6 is 0 Å². The third kappa shape index (κ3) is 3.61. The minimum atomic E-state index is 0.166. The van der Waals surface area contributed by atoms with E-state index in [-0.39, 0.29) is 6.61 Å². The van der Waals surface area contributed by atoms with Gasteiger partial charge in [-0.15, -0.1) is 5.10 Å². The molecule has 0 aromatic carbocycles. The fourth-order valence-corrected chi connectivity index (χ4v) is 1.39. The molecule has 0 spiro atoms. The highest BCUT2D eigenvalue weighted by molar-refractivity contribution is 4.92. The summed E-state index contributed by atoms with van der Waals surface area (Å²) >= 11 is 0. The van der Waals surface area contributed by atoms with Gasteiger partial charge in [-0.3, -0.25) is 9.78 Å². The van der Waals surface area contributed by atoms with E-state index < -0.39 is 0 Å². The summed E-state index contributed by atoms with van der Waals surface area (Å²) in [6.07, 6.45) is 4.03. The molecule has 2 rings (SSSR count). The van der Waals surface area contributed by atoms with Crippen LogP contribution in [0.25, 0.3) is 0 Å². The molecular weight excluding hydrogens is 222 g/mol. The van der Waals surface area contributed by atoms with Gasteiger partial charge in [0.2, 0.25) is 0 Å². The Morgan fingerprint density at radius 1 is 1.41 bits per heavy atom. The smallest absolute Gasteiger partial charge is 0.138 e. The Balaban J connectivity index is 1.73. The van der Waals surface area contributed by atoms with Crippen LogP contribution in [0.4, 0.5) is 0 Å². The highest BCUT2D eigenvalue weighted by Gasteiger charge is 2.01. The van der Waals surface area contributed by atoms with E-state index in [2.05, 4.69) is 30.8 Å². The van der Waals surface area contributed by atoms with E-state index in [1.54, 1.807) is 4.68 Å². The Morgan fingerprint density at radius 3 is 3.12 bits per heavy atom. The van der Waals surface area contributed by atoms with Gasteiger partial charge in [-0.05, 0) is 6.42 Å². The molecule has 0 aliphatic carbocycles. The maximum Gasteiger partial charge on any atom is 0.138 e. The van der Waals surface area contributed by atoms with Crippen molar-refractivity contribution in [2.45, 2.75) is 26.1 Å². The Bertz CT molecular complexity index is 424. The van der Waals surface area contributed by atoms with Gasteiger partial charge in [0.1, 0.15) is 12.2 Å².